The van der Waals surface area contributed by atoms with Crippen molar-refractivity contribution >= 4 is 21.6 Å². The number of halogens is 1. The lowest BCUT2D eigenvalue weighted by Crippen LogP contribution is -2.08. The van der Waals surface area contributed by atoms with Crippen LogP contribution in [0.2, 0.25) is 0 Å². The first-order valence-electron chi connectivity index (χ1n) is 5.19. The van der Waals surface area contributed by atoms with Crippen LogP contribution in [0.3, 0.4) is 0 Å². The molecule has 0 radical (unpaired) electrons. The van der Waals surface area contributed by atoms with E-state index in [0.717, 1.165) is 15.9 Å². The maximum atomic E-state index is 3.95. The van der Waals surface area contributed by atoms with Gasteiger partial charge in [0.2, 0.25) is 0 Å². The molecule has 0 bridgehead atoms. The van der Waals surface area contributed by atoms with Crippen LogP contribution in [-0.2, 0) is 0 Å². The number of benzene rings is 1. The van der Waals surface area contributed by atoms with Crippen LogP contribution in [0.1, 0.15) is 24.2 Å². The lowest BCUT2D eigenvalue weighted by molar-refractivity contribution is 0.824. The number of aromatic nitrogens is 2. The van der Waals surface area contributed by atoms with Gasteiger partial charge in [-0.15, -0.1) is 0 Å². The average Bonchev–Trinajstić information content (AvgIpc) is 2.78. The van der Waals surface area contributed by atoms with Gasteiger partial charge in [0.25, 0.3) is 0 Å². The summed E-state index contributed by atoms with van der Waals surface area (Å²) in [6.07, 6.45) is 1.77. The number of hydrogen-bond acceptors (Lipinski definition) is 2. The molecule has 0 saturated heterocycles. The van der Waals surface area contributed by atoms with Crippen molar-refractivity contribution in [3.8, 4) is 0 Å². The summed E-state index contributed by atoms with van der Waals surface area (Å²) >= 11 is 3.52. The van der Waals surface area contributed by atoms with Crippen LogP contribution in [0.5, 0.6) is 0 Å². The highest BCUT2D eigenvalue weighted by molar-refractivity contribution is 9.10. The van der Waals surface area contributed by atoms with E-state index < -0.39 is 0 Å². The number of H-pyrrole nitrogens is 1. The van der Waals surface area contributed by atoms with Crippen LogP contribution in [0.15, 0.2) is 34.9 Å². The Hall–Kier alpha value is -1.29. The quantitative estimate of drug-likeness (QED) is 0.900. The normalized spacial score (nSPS) is 12.4. The van der Waals surface area contributed by atoms with Crippen molar-refractivity contribution in [1.29, 1.82) is 0 Å². The van der Waals surface area contributed by atoms with E-state index >= 15 is 0 Å². The molecule has 1 aromatic heterocycles. The van der Waals surface area contributed by atoms with E-state index in [1.54, 1.807) is 6.20 Å². The molecule has 16 heavy (non-hydrogen) atoms. The fourth-order valence-corrected chi connectivity index (χ4v) is 1.95. The minimum atomic E-state index is 0.218. The standard InChI is InChI=1S/C12H14BrN3/c1-8-10(13)4-3-5-11(8)15-9(2)12-6-7-14-16-12/h3-7,9,15H,1-2H3,(H,14,16). The highest BCUT2D eigenvalue weighted by Gasteiger charge is 2.08. The molecular formula is C12H14BrN3. The Bertz CT molecular complexity index is 465. The largest absolute Gasteiger partial charge is 0.377 e. The fraction of sp³-hybridized carbons (Fsp3) is 0.250. The minimum Gasteiger partial charge on any atom is -0.377 e. The van der Waals surface area contributed by atoms with Crippen molar-refractivity contribution in [2.24, 2.45) is 0 Å². The molecule has 0 saturated carbocycles. The number of hydrogen-bond donors (Lipinski definition) is 2. The lowest BCUT2D eigenvalue weighted by atomic mass is 10.1. The SMILES string of the molecule is Cc1c(Br)cccc1NC(C)c1ccn[nH]1. The number of anilines is 1. The van der Waals surface area contributed by atoms with E-state index in [4.69, 9.17) is 0 Å². The molecule has 0 spiro atoms. The van der Waals surface area contributed by atoms with Gasteiger partial charge in [-0.3, -0.25) is 5.10 Å². The number of rotatable bonds is 3. The number of nitrogens with zero attached hydrogens (tertiary/aromatic N) is 1. The molecular weight excluding hydrogens is 266 g/mol. The van der Waals surface area contributed by atoms with Gasteiger partial charge in [0.1, 0.15) is 0 Å². The Labute approximate surface area is 103 Å². The van der Waals surface area contributed by atoms with Crippen LogP contribution in [0, 0.1) is 6.92 Å². The summed E-state index contributed by atoms with van der Waals surface area (Å²) in [5.74, 6) is 0. The van der Waals surface area contributed by atoms with Gasteiger partial charge >= 0.3 is 0 Å². The van der Waals surface area contributed by atoms with E-state index in [1.165, 1.54) is 5.56 Å². The second kappa shape index (κ2) is 4.70. The van der Waals surface area contributed by atoms with Crippen molar-refractivity contribution in [2.45, 2.75) is 19.9 Å². The Morgan fingerprint density at radius 1 is 1.38 bits per heavy atom. The van der Waals surface area contributed by atoms with Gasteiger partial charge in [0, 0.05) is 16.4 Å². The zero-order valence-corrected chi connectivity index (χ0v) is 10.9. The molecule has 0 aliphatic heterocycles. The molecule has 0 fully saturated rings. The molecule has 1 heterocycles. The van der Waals surface area contributed by atoms with Crippen molar-refractivity contribution in [3.05, 3.63) is 46.2 Å². The van der Waals surface area contributed by atoms with Gasteiger partial charge in [0.05, 0.1) is 11.7 Å². The highest BCUT2D eigenvalue weighted by atomic mass is 79.9. The lowest BCUT2D eigenvalue weighted by Gasteiger charge is -2.16. The summed E-state index contributed by atoms with van der Waals surface area (Å²) < 4.78 is 1.12. The summed E-state index contributed by atoms with van der Waals surface area (Å²) in [7, 11) is 0. The fourth-order valence-electron chi connectivity index (χ4n) is 1.58. The minimum absolute atomic E-state index is 0.218. The summed E-state index contributed by atoms with van der Waals surface area (Å²) in [5, 5.41) is 10.4. The second-order valence-electron chi connectivity index (χ2n) is 3.79. The Kier molecular flexibility index (Phi) is 3.29. The number of nitrogens with one attached hydrogen (secondary N) is 2. The first kappa shape index (κ1) is 11.2. The number of aromatic amines is 1. The van der Waals surface area contributed by atoms with Gasteiger partial charge in [0.15, 0.2) is 0 Å². The monoisotopic (exact) mass is 279 g/mol. The predicted octanol–water partition coefficient (Wildman–Crippen LogP) is 3.65. The summed E-state index contributed by atoms with van der Waals surface area (Å²) in [4.78, 5) is 0. The van der Waals surface area contributed by atoms with Crippen LogP contribution < -0.4 is 5.32 Å². The molecule has 1 unspecified atom stereocenters. The Balaban J connectivity index is 2.18. The molecule has 2 aromatic rings. The van der Waals surface area contributed by atoms with E-state index in [1.807, 2.05) is 18.2 Å². The molecule has 84 valence electrons. The average molecular weight is 280 g/mol. The smallest absolute Gasteiger partial charge is 0.0651 e. The third-order valence-electron chi connectivity index (χ3n) is 2.63. The van der Waals surface area contributed by atoms with E-state index in [-0.39, 0.29) is 6.04 Å². The van der Waals surface area contributed by atoms with Crippen molar-refractivity contribution in [2.75, 3.05) is 5.32 Å². The van der Waals surface area contributed by atoms with Gasteiger partial charge < -0.3 is 5.32 Å². The van der Waals surface area contributed by atoms with Crippen LogP contribution >= 0.6 is 15.9 Å². The van der Waals surface area contributed by atoms with E-state index in [0.29, 0.717) is 0 Å². The third kappa shape index (κ3) is 2.27. The topological polar surface area (TPSA) is 40.7 Å². The molecule has 0 aliphatic rings. The molecule has 2 rings (SSSR count). The molecule has 2 N–H and O–H groups in total. The zero-order chi connectivity index (χ0) is 11.5. The van der Waals surface area contributed by atoms with E-state index in [9.17, 15) is 0 Å². The molecule has 0 amide bonds. The van der Waals surface area contributed by atoms with Crippen LogP contribution in [0.4, 0.5) is 5.69 Å². The molecule has 1 atom stereocenters. The molecule has 3 nitrogen and oxygen atoms in total. The second-order valence-corrected chi connectivity index (χ2v) is 4.64. The predicted molar refractivity (Wildman–Crippen MR) is 69.5 cm³/mol. The van der Waals surface area contributed by atoms with Crippen molar-refractivity contribution in [3.63, 3.8) is 0 Å². The van der Waals surface area contributed by atoms with Gasteiger partial charge in [-0.2, -0.15) is 5.10 Å². The molecule has 0 aliphatic carbocycles. The van der Waals surface area contributed by atoms with E-state index in [2.05, 4.69) is 51.4 Å². The van der Waals surface area contributed by atoms with Gasteiger partial charge in [-0.25, -0.2) is 0 Å². The van der Waals surface area contributed by atoms with Crippen molar-refractivity contribution in [1.82, 2.24) is 10.2 Å². The first-order chi connectivity index (χ1) is 7.68. The Morgan fingerprint density at radius 3 is 2.88 bits per heavy atom. The van der Waals surface area contributed by atoms with Crippen LogP contribution in [0.25, 0.3) is 0 Å². The maximum absolute atomic E-state index is 3.95. The van der Waals surface area contributed by atoms with Gasteiger partial charge in [-0.1, -0.05) is 22.0 Å². The van der Waals surface area contributed by atoms with Gasteiger partial charge in [-0.05, 0) is 37.6 Å². The summed E-state index contributed by atoms with van der Waals surface area (Å²) in [5.41, 5.74) is 3.43. The zero-order valence-electron chi connectivity index (χ0n) is 9.29. The van der Waals surface area contributed by atoms with Crippen LogP contribution in [-0.4, -0.2) is 10.2 Å². The van der Waals surface area contributed by atoms with Crippen molar-refractivity contribution < 1.29 is 0 Å². The third-order valence-corrected chi connectivity index (χ3v) is 3.49. The highest BCUT2D eigenvalue weighted by Crippen LogP contribution is 2.26. The molecule has 1 aromatic carbocycles. The Morgan fingerprint density at radius 2 is 2.19 bits per heavy atom. The molecule has 4 heteroatoms. The first-order valence-corrected chi connectivity index (χ1v) is 5.98. The summed E-state index contributed by atoms with van der Waals surface area (Å²) in [6.45, 7) is 4.19. The maximum Gasteiger partial charge on any atom is 0.0651 e. The summed E-state index contributed by atoms with van der Waals surface area (Å²) in [6, 6.07) is 8.34.